The van der Waals surface area contributed by atoms with Crippen LogP contribution in [0.15, 0.2) is 36.5 Å². The van der Waals surface area contributed by atoms with Gasteiger partial charge >= 0.3 is 29.8 Å². The molecule has 15 aliphatic rings. The summed E-state index contributed by atoms with van der Waals surface area (Å²) in [6, 6.07) is 0. The molecule has 0 aliphatic heterocycles. The predicted octanol–water partition coefficient (Wildman–Crippen LogP) is 23.4. The molecule has 0 aromatic heterocycles. The Balaban J connectivity index is 0.000000160. The Labute approximate surface area is 688 Å². The molecule has 15 fully saturated rings. The molecule has 0 aromatic rings. The molecule has 3 N–H and O–H groups in total. The fourth-order valence-electron chi connectivity index (χ4n) is 35.6. The number of aliphatic hydroxyl groups excluding tert-OH is 3. The van der Waals surface area contributed by atoms with Crippen LogP contribution in [0.2, 0.25) is 0 Å². The van der Waals surface area contributed by atoms with Gasteiger partial charge in [-0.1, -0.05) is 148 Å². The van der Waals surface area contributed by atoms with Crippen LogP contribution in [0.5, 0.6) is 0 Å². The number of esters is 5. The fourth-order valence-corrected chi connectivity index (χ4v) is 35.6. The Kier molecular flexibility index (Phi) is 24.8. The molecule has 0 spiro atoms. The molecule has 0 radical (unpaired) electrons. The molecular weight excluding hydrogens is 1410 g/mol. The van der Waals surface area contributed by atoms with Crippen LogP contribution in [0.3, 0.4) is 0 Å². The van der Waals surface area contributed by atoms with Gasteiger partial charge in [-0.25, -0.2) is 0 Å². The first-order valence-electron chi connectivity index (χ1n) is 45.9. The van der Waals surface area contributed by atoms with Gasteiger partial charge in [-0.2, -0.15) is 0 Å². The van der Waals surface area contributed by atoms with Crippen molar-refractivity contribution in [2.24, 2.45) is 170 Å². The van der Waals surface area contributed by atoms with E-state index >= 15 is 0 Å². The zero-order valence-electron chi connectivity index (χ0n) is 75.4. The highest BCUT2D eigenvalue weighted by molar-refractivity contribution is 5.82. The third-order valence-corrected chi connectivity index (χ3v) is 41.9. The Hall–Kier alpha value is -3.35. The summed E-state index contributed by atoms with van der Waals surface area (Å²) in [5.41, 5.74) is 7.39. The number of allylic oxidation sites excluding steroid dienone is 3. The number of fused-ring (bicyclic) bond motifs is 21. The van der Waals surface area contributed by atoms with Crippen LogP contribution in [0.1, 0.15) is 359 Å². The molecule has 0 saturated heterocycles. The van der Waals surface area contributed by atoms with Crippen LogP contribution in [-0.4, -0.2) is 83.3 Å². The molecule has 113 heavy (non-hydrogen) atoms. The summed E-state index contributed by atoms with van der Waals surface area (Å²) in [5.74, 6) is 8.30. The van der Waals surface area contributed by atoms with Crippen LogP contribution in [0, 0.1) is 170 Å². The highest BCUT2D eigenvalue weighted by Gasteiger charge is 2.76. The maximum atomic E-state index is 12.1. The zero-order valence-corrected chi connectivity index (χ0v) is 75.4. The number of aliphatic hydroxyl groups is 3. The van der Waals surface area contributed by atoms with Crippen LogP contribution in [0.25, 0.3) is 0 Å². The minimum atomic E-state index is -0.562. The highest BCUT2D eigenvalue weighted by Crippen LogP contribution is 2.82. The topological polar surface area (TPSA) is 183 Å². The van der Waals surface area contributed by atoms with E-state index in [1.165, 1.54) is 193 Å². The second kappa shape index (κ2) is 31.0. The van der Waals surface area contributed by atoms with Crippen molar-refractivity contribution >= 4 is 29.8 Å². The maximum absolute atomic E-state index is 12.1. The van der Waals surface area contributed by atoms with Gasteiger partial charge in [-0.15, -0.1) is 0 Å². The molecule has 0 heterocycles. The van der Waals surface area contributed by atoms with Gasteiger partial charge in [-0.05, 0) is 367 Å². The van der Waals surface area contributed by atoms with Gasteiger partial charge in [0.2, 0.25) is 0 Å². The molecule has 0 bridgehead atoms. The largest absolute Gasteiger partial charge is 0.465 e. The van der Waals surface area contributed by atoms with Gasteiger partial charge < -0.3 is 34.3 Å². The average Bonchev–Trinajstić information content (AvgIpc) is 1.57. The molecule has 0 amide bonds. The van der Waals surface area contributed by atoms with Gasteiger partial charge in [0, 0.05) is 50.9 Å². The lowest BCUT2D eigenvalue weighted by Gasteiger charge is -2.73. The Morgan fingerprint density at radius 2 is 0.619 bits per heavy atom. The normalized spacial score (nSPS) is 51.8. The smallest absolute Gasteiger partial charge is 0.310 e. The number of hydrogen-bond acceptors (Lipinski definition) is 12. The van der Waals surface area contributed by atoms with Crippen molar-refractivity contribution in [2.75, 3.05) is 19.8 Å². The average molecular weight is 1570 g/mol. The summed E-state index contributed by atoms with van der Waals surface area (Å²) in [7, 11) is 0. The molecule has 12 unspecified atom stereocenters. The molecule has 33 atom stereocenters. The maximum Gasteiger partial charge on any atom is 0.310 e. The molecule has 642 valence electrons. The van der Waals surface area contributed by atoms with Crippen LogP contribution in [0.4, 0.5) is 0 Å². The van der Waals surface area contributed by atoms with Crippen LogP contribution >= 0.6 is 0 Å². The van der Waals surface area contributed by atoms with Gasteiger partial charge in [-0.3, -0.25) is 24.0 Å². The van der Waals surface area contributed by atoms with Crippen molar-refractivity contribution < 1.29 is 58.2 Å². The summed E-state index contributed by atoms with van der Waals surface area (Å²) in [6.45, 7) is 66.2. The molecule has 15 aliphatic carbocycles. The van der Waals surface area contributed by atoms with E-state index < -0.39 is 11.9 Å². The lowest BCUT2D eigenvalue weighted by atomic mass is 9.32. The number of hydrogen-bond donors (Lipinski definition) is 3. The Morgan fingerprint density at radius 3 is 0.912 bits per heavy atom. The molecular formula is C101H166O12. The van der Waals surface area contributed by atoms with Gasteiger partial charge in [0.25, 0.3) is 0 Å². The quantitative estimate of drug-likeness (QED) is 0.0861. The first-order valence-corrected chi connectivity index (χ1v) is 45.9. The Morgan fingerprint density at radius 1 is 0.319 bits per heavy atom. The lowest BCUT2D eigenvalue weighted by Crippen LogP contribution is -2.67. The molecule has 12 nitrogen and oxygen atoms in total. The van der Waals surface area contributed by atoms with E-state index in [-0.39, 0.29) is 82.7 Å². The van der Waals surface area contributed by atoms with Crippen molar-refractivity contribution in [2.45, 2.75) is 378 Å². The third-order valence-electron chi connectivity index (χ3n) is 41.9. The van der Waals surface area contributed by atoms with Crippen molar-refractivity contribution in [3.05, 3.63) is 36.5 Å². The summed E-state index contributed by atoms with van der Waals surface area (Å²) < 4.78 is 21.2. The Bertz CT molecular complexity index is 3600. The first kappa shape index (κ1) is 90.4. The number of ether oxygens (including phenoxy) is 4. The van der Waals surface area contributed by atoms with E-state index in [0.29, 0.717) is 109 Å². The standard InChI is InChI=1S/C34H54O4.C32H52O3.C30H50O2.C4H6O3.CH4/c1-21(2)24-12-15-30(5)18-19-33(8)25(29(24)30)10-11-27-31(6)16-14-28(38-23(4)36)32(7,20-37-22(3)35)26(31)13-17-34(27,33)9;1-20(2)22-11-14-28(4)17-18-31(7)23(27(22)28)9-10-25-29(5)15-13-26(34)30(6,19-35-21(3)33)24(29)12-16-32(25,31)8;1-19(2)20-10-13-26(3)16-17-29(6)21(25(20)26)8-9-23-27(4)14-12-24(32)28(5,18-31)22(27)11-15-30(23,29)7;1-3(5)7-4(2)6;/h24-29H,1,10-20H2,2-9H3;22-27,34H,1,9-19H2,2-8H3;20-25,31-32H,1,8-18H2,2-7H3;1-2H3;1H4/t24-,25?,26?,27?,28-,29?,30+,31-,32-,33+,34+;22-,23?,24?,25?,26-,27?,28+,29-,30-,31+,32+;20-,21?,22?,23?,24-,25?,26+,27-,28-,29+,30+;;/m000../s1. The molecule has 15 rings (SSSR count). The van der Waals surface area contributed by atoms with Gasteiger partial charge in [0.05, 0.1) is 25.4 Å². The van der Waals surface area contributed by atoms with E-state index in [0.717, 1.165) is 92.8 Å². The predicted molar refractivity (Wildman–Crippen MR) is 454 cm³/mol. The number of carbonyl (C=O) groups is 5. The monoisotopic (exact) mass is 1570 g/mol. The van der Waals surface area contributed by atoms with Crippen LogP contribution < -0.4 is 0 Å². The second-order valence-electron chi connectivity index (χ2n) is 46.6. The van der Waals surface area contributed by atoms with E-state index in [1.54, 1.807) is 0 Å². The molecule has 0 aromatic carbocycles. The summed E-state index contributed by atoms with van der Waals surface area (Å²) in [4.78, 5) is 55.4. The third kappa shape index (κ3) is 13.9. The van der Waals surface area contributed by atoms with Crippen molar-refractivity contribution in [1.29, 1.82) is 0 Å². The van der Waals surface area contributed by atoms with Crippen molar-refractivity contribution in [1.82, 2.24) is 0 Å². The summed E-state index contributed by atoms with van der Waals surface area (Å²) in [6.07, 6.45) is 36.5. The van der Waals surface area contributed by atoms with Crippen molar-refractivity contribution in [3.8, 4) is 0 Å². The van der Waals surface area contributed by atoms with E-state index in [4.69, 9.17) is 14.2 Å². The van der Waals surface area contributed by atoms with Gasteiger partial charge in [0.1, 0.15) is 12.7 Å². The summed E-state index contributed by atoms with van der Waals surface area (Å²) in [5, 5.41) is 32.5. The lowest BCUT2D eigenvalue weighted by molar-refractivity contribution is -0.256. The zero-order chi connectivity index (χ0) is 82.7. The minimum absolute atomic E-state index is 0. The number of rotatable bonds is 9. The SMILES string of the molecule is C.C=C(C)[C@@H]1CC[C@]2(C)CC[C@]3(C)C(CCC4[C@@]5(C)CC[C@H](O)[C@@](C)(CO)C5CC[C@]43C)C12.C=C(C)[C@@H]1CC[C@]2(C)CC[C@]3(C)C(CCC4[C@@]5(C)CC[C@H](O)[C@@](C)(COC(C)=O)C5CC[C@]43C)C12.C=C(C)[C@@H]1CC[C@]2(C)CC[C@]3(C)C(CCC4[C@@]5(C)CC[C@H](OC(C)=O)[C@@](C)(COC(C)=O)C5CC[C@]43C)C12.CC(=O)OC(C)=O. The number of carbonyl (C=O) groups excluding carboxylic acids is 5. The molecule has 15 saturated carbocycles. The van der Waals surface area contributed by atoms with Crippen LogP contribution in [-0.2, 0) is 42.9 Å². The van der Waals surface area contributed by atoms with E-state index in [1.807, 2.05) is 0 Å². The van der Waals surface area contributed by atoms with Crippen molar-refractivity contribution in [3.63, 3.8) is 0 Å². The second-order valence-corrected chi connectivity index (χ2v) is 46.6. The minimum Gasteiger partial charge on any atom is -0.465 e. The first-order chi connectivity index (χ1) is 51.8. The fraction of sp³-hybridized carbons (Fsp3) is 0.891. The van der Waals surface area contributed by atoms with E-state index in [9.17, 15) is 39.3 Å². The summed E-state index contributed by atoms with van der Waals surface area (Å²) >= 11 is 0. The van der Waals surface area contributed by atoms with E-state index in [2.05, 4.69) is 149 Å². The van der Waals surface area contributed by atoms with Gasteiger partial charge in [0.15, 0.2) is 0 Å². The highest BCUT2D eigenvalue weighted by atomic mass is 16.6. The molecule has 12 heteroatoms.